The van der Waals surface area contributed by atoms with Crippen LogP contribution in [0.1, 0.15) is 34.1 Å². The van der Waals surface area contributed by atoms with Crippen molar-refractivity contribution in [2.45, 2.75) is 34.1 Å². The van der Waals surface area contributed by atoms with Crippen LogP contribution in [0.3, 0.4) is 0 Å². The van der Waals surface area contributed by atoms with Gasteiger partial charge in [-0.15, -0.1) is 0 Å². The number of nitrogens with zero attached hydrogens (tertiary/aromatic N) is 1. The average Bonchev–Trinajstić information content (AvgIpc) is 2.38. The highest BCUT2D eigenvalue weighted by Gasteiger charge is 2.33. The summed E-state index contributed by atoms with van der Waals surface area (Å²) in [4.78, 5) is 13.5. The van der Waals surface area contributed by atoms with Crippen molar-refractivity contribution in [2.24, 2.45) is 5.41 Å². The van der Waals surface area contributed by atoms with E-state index in [2.05, 4.69) is 4.90 Å². The zero-order valence-corrected chi connectivity index (χ0v) is 12.8. The second kappa shape index (κ2) is 10.2. The Hall–Kier alpha value is -0.650. The first-order chi connectivity index (χ1) is 9.00. The van der Waals surface area contributed by atoms with Crippen LogP contribution in [0.5, 0.6) is 0 Å². The summed E-state index contributed by atoms with van der Waals surface area (Å²) < 4.78 is 10.7. The van der Waals surface area contributed by atoms with Crippen LogP contribution in [0.25, 0.3) is 0 Å². The molecule has 1 unspecified atom stereocenters. The Kier molecular flexibility index (Phi) is 9.83. The molecule has 19 heavy (non-hydrogen) atoms. The minimum atomic E-state index is -0.743. The van der Waals surface area contributed by atoms with Gasteiger partial charge in [0.25, 0.3) is 0 Å². The van der Waals surface area contributed by atoms with Crippen molar-refractivity contribution in [2.75, 3.05) is 46.1 Å². The number of carboxylic acids is 1. The van der Waals surface area contributed by atoms with Gasteiger partial charge in [0.15, 0.2) is 0 Å². The minimum Gasteiger partial charge on any atom is -0.481 e. The van der Waals surface area contributed by atoms with E-state index in [4.69, 9.17) is 9.47 Å². The minimum absolute atomic E-state index is 0.527. The highest BCUT2D eigenvalue weighted by Crippen LogP contribution is 2.22. The van der Waals surface area contributed by atoms with Gasteiger partial charge >= 0.3 is 5.97 Å². The molecule has 114 valence electrons. The van der Waals surface area contributed by atoms with Gasteiger partial charge in [-0.1, -0.05) is 6.92 Å². The van der Waals surface area contributed by atoms with E-state index < -0.39 is 11.4 Å². The van der Waals surface area contributed by atoms with Crippen LogP contribution < -0.4 is 0 Å². The molecule has 0 saturated heterocycles. The van der Waals surface area contributed by atoms with Crippen LogP contribution in [0, 0.1) is 5.41 Å². The van der Waals surface area contributed by atoms with Crippen molar-refractivity contribution < 1.29 is 19.4 Å². The molecule has 0 heterocycles. The second-order valence-corrected chi connectivity index (χ2v) is 4.89. The summed E-state index contributed by atoms with van der Waals surface area (Å²) in [6.07, 6.45) is 0.613. The summed E-state index contributed by atoms with van der Waals surface area (Å²) in [7, 11) is 0. The monoisotopic (exact) mass is 275 g/mol. The van der Waals surface area contributed by atoms with Gasteiger partial charge in [-0.25, -0.2) is 0 Å². The molecule has 1 atom stereocenters. The summed E-state index contributed by atoms with van der Waals surface area (Å²) in [6, 6.07) is 0. The van der Waals surface area contributed by atoms with Gasteiger partial charge in [-0.05, 0) is 27.2 Å². The zero-order valence-electron chi connectivity index (χ0n) is 12.8. The molecule has 0 aliphatic heterocycles. The maximum atomic E-state index is 11.4. The predicted octanol–water partition coefficient (Wildman–Crippen LogP) is 1.86. The lowest BCUT2D eigenvalue weighted by Crippen LogP contribution is -2.43. The lowest BCUT2D eigenvalue weighted by molar-refractivity contribution is -0.149. The Balaban J connectivity index is 4.40. The highest BCUT2D eigenvalue weighted by atomic mass is 16.5. The number of aliphatic carboxylic acids is 1. The van der Waals surface area contributed by atoms with E-state index in [0.29, 0.717) is 39.4 Å². The summed E-state index contributed by atoms with van der Waals surface area (Å²) in [5, 5.41) is 9.34. The molecule has 0 fully saturated rings. The SMILES string of the molecule is CCOCCN(CCOCC)CC(C)(CC)C(=O)O. The highest BCUT2D eigenvalue weighted by molar-refractivity contribution is 5.74. The maximum Gasteiger partial charge on any atom is 0.310 e. The van der Waals surface area contributed by atoms with Crippen LogP contribution >= 0.6 is 0 Å². The molecule has 0 rings (SSSR count). The van der Waals surface area contributed by atoms with Crippen LogP contribution in [0.4, 0.5) is 0 Å². The smallest absolute Gasteiger partial charge is 0.310 e. The summed E-state index contributed by atoms with van der Waals surface area (Å²) in [5.74, 6) is -0.743. The van der Waals surface area contributed by atoms with E-state index in [1.54, 1.807) is 6.92 Å². The van der Waals surface area contributed by atoms with E-state index in [0.717, 1.165) is 13.1 Å². The van der Waals surface area contributed by atoms with Gasteiger partial charge in [0.05, 0.1) is 18.6 Å². The molecule has 0 spiro atoms. The topological polar surface area (TPSA) is 59.0 Å². The molecule has 0 amide bonds. The van der Waals surface area contributed by atoms with E-state index in [-0.39, 0.29) is 0 Å². The standard InChI is InChI=1S/C14H29NO4/c1-5-14(4,13(16)17)12-15(8-10-18-6-2)9-11-19-7-3/h5-12H2,1-4H3,(H,16,17). The summed E-state index contributed by atoms with van der Waals surface area (Å²) in [6.45, 7) is 12.3. The fraction of sp³-hybridized carbons (Fsp3) is 0.929. The largest absolute Gasteiger partial charge is 0.481 e. The van der Waals surface area contributed by atoms with Gasteiger partial charge in [0.1, 0.15) is 0 Å². The molecule has 0 saturated carbocycles. The molecular formula is C14H29NO4. The van der Waals surface area contributed by atoms with Gasteiger partial charge in [-0.2, -0.15) is 0 Å². The zero-order chi connectivity index (χ0) is 14.7. The summed E-state index contributed by atoms with van der Waals surface area (Å²) >= 11 is 0. The fourth-order valence-electron chi connectivity index (χ4n) is 1.77. The van der Waals surface area contributed by atoms with E-state index in [1.807, 2.05) is 20.8 Å². The molecule has 5 nitrogen and oxygen atoms in total. The van der Waals surface area contributed by atoms with Gasteiger partial charge in [0, 0.05) is 32.8 Å². The molecular weight excluding hydrogens is 246 g/mol. The van der Waals surface area contributed by atoms with Gasteiger partial charge < -0.3 is 14.6 Å². The normalized spacial score (nSPS) is 14.6. The van der Waals surface area contributed by atoms with Gasteiger partial charge in [-0.3, -0.25) is 9.69 Å². The Bertz CT molecular complexity index is 238. The lowest BCUT2D eigenvalue weighted by Gasteiger charge is -2.31. The van der Waals surface area contributed by atoms with Crippen molar-refractivity contribution in [3.8, 4) is 0 Å². The third kappa shape index (κ3) is 7.50. The van der Waals surface area contributed by atoms with E-state index in [1.165, 1.54) is 0 Å². The first-order valence-electron chi connectivity index (χ1n) is 7.11. The first-order valence-corrected chi connectivity index (χ1v) is 7.11. The molecule has 0 aliphatic rings. The van der Waals surface area contributed by atoms with E-state index in [9.17, 15) is 9.90 Å². The third-order valence-corrected chi connectivity index (χ3v) is 3.38. The number of carboxylic acid groups (broad SMARTS) is 1. The second-order valence-electron chi connectivity index (χ2n) is 4.89. The van der Waals surface area contributed by atoms with Crippen LogP contribution in [-0.2, 0) is 14.3 Å². The number of ether oxygens (including phenoxy) is 2. The number of rotatable bonds is 12. The molecule has 0 radical (unpaired) electrons. The predicted molar refractivity (Wildman–Crippen MR) is 75.5 cm³/mol. The molecule has 5 heteroatoms. The van der Waals surface area contributed by atoms with Crippen LogP contribution in [-0.4, -0.2) is 62.0 Å². The fourth-order valence-corrected chi connectivity index (χ4v) is 1.77. The van der Waals surface area contributed by atoms with Crippen molar-refractivity contribution in [1.82, 2.24) is 4.90 Å². The maximum absolute atomic E-state index is 11.4. The van der Waals surface area contributed by atoms with Crippen LogP contribution in [0.2, 0.25) is 0 Å². The lowest BCUT2D eigenvalue weighted by atomic mass is 9.87. The third-order valence-electron chi connectivity index (χ3n) is 3.38. The Morgan fingerprint density at radius 1 is 1.11 bits per heavy atom. The van der Waals surface area contributed by atoms with E-state index >= 15 is 0 Å². The quantitative estimate of drug-likeness (QED) is 0.551. The molecule has 0 aromatic carbocycles. The average molecular weight is 275 g/mol. The number of hydrogen-bond donors (Lipinski definition) is 1. The molecule has 0 aromatic heterocycles. The molecule has 1 N–H and O–H groups in total. The number of hydrogen-bond acceptors (Lipinski definition) is 4. The van der Waals surface area contributed by atoms with Crippen molar-refractivity contribution in [3.05, 3.63) is 0 Å². The molecule has 0 aromatic rings. The molecule has 0 bridgehead atoms. The Morgan fingerprint density at radius 3 is 1.89 bits per heavy atom. The summed E-state index contributed by atoms with van der Waals surface area (Å²) in [5.41, 5.74) is -0.710. The van der Waals surface area contributed by atoms with Crippen molar-refractivity contribution in [3.63, 3.8) is 0 Å². The van der Waals surface area contributed by atoms with Gasteiger partial charge in [0.2, 0.25) is 0 Å². The Labute approximate surface area is 116 Å². The first kappa shape index (κ1) is 18.4. The number of carbonyl (C=O) groups is 1. The Morgan fingerprint density at radius 2 is 1.58 bits per heavy atom. The molecule has 0 aliphatic carbocycles. The van der Waals surface area contributed by atoms with Crippen LogP contribution in [0.15, 0.2) is 0 Å². The van der Waals surface area contributed by atoms with Crippen molar-refractivity contribution >= 4 is 5.97 Å². The van der Waals surface area contributed by atoms with Crippen molar-refractivity contribution in [1.29, 1.82) is 0 Å².